The summed E-state index contributed by atoms with van der Waals surface area (Å²) in [7, 11) is 0. The van der Waals surface area contributed by atoms with Crippen molar-refractivity contribution in [2.24, 2.45) is 0 Å². The van der Waals surface area contributed by atoms with Crippen LogP contribution in [0.25, 0.3) is 5.69 Å². The highest BCUT2D eigenvalue weighted by molar-refractivity contribution is 6.35. The minimum absolute atomic E-state index is 0.0220. The van der Waals surface area contributed by atoms with Gasteiger partial charge in [-0.2, -0.15) is 0 Å². The molecule has 162 valence electrons. The molecule has 2 heterocycles. The Morgan fingerprint density at radius 1 is 1.06 bits per heavy atom. The van der Waals surface area contributed by atoms with Crippen molar-refractivity contribution >= 4 is 23.2 Å². The average molecular weight is 461 g/mol. The van der Waals surface area contributed by atoms with Crippen molar-refractivity contribution in [1.82, 2.24) is 19.7 Å². The molecule has 3 atom stereocenters. The molecule has 0 N–H and O–H groups in total. The summed E-state index contributed by atoms with van der Waals surface area (Å²) in [6.07, 6.45) is 0.221. The SMILES string of the molecule is Cc1nnc(C)n1-c1ccc(O[C@H]2c3cc(Cl)cc(Cl)c3C[C@@H]2N2CCC(F)C2)cc1. The number of alkyl halides is 1. The van der Waals surface area contributed by atoms with Crippen LogP contribution in [0.4, 0.5) is 4.39 Å². The highest BCUT2D eigenvalue weighted by Gasteiger charge is 2.42. The summed E-state index contributed by atoms with van der Waals surface area (Å²) in [5, 5.41) is 9.46. The molecule has 0 bridgehead atoms. The molecule has 0 saturated carbocycles. The van der Waals surface area contributed by atoms with Crippen LogP contribution in [0.15, 0.2) is 36.4 Å². The number of hydrogen-bond donors (Lipinski definition) is 0. The van der Waals surface area contributed by atoms with E-state index >= 15 is 0 Å². The standard InChI is InChI=1S/C23H23Cl2FN4O/c1-13-27-28-14(2)30(13)17-3-5-18(6-4-17)31-23-20-9-15(24)10-21(25)19(20)11-22(23)29-8-7-16(26)12-29/h3-6,9-10,16,22-23H,7-8,11-12H2,1-2H3/t16?,22-,23-/m0/s1. The summed E-state index contributed by atoms with van der Waals surface area (Å²) in [6, 6.07) is 11.6. The number of hydrogen-bond acceptors (Lipinski definition) is 4. The van der Waals surface area contributed by atoms with Crippen molar-refractivity contribution in [3.05, 3.63) is 69.2 Å². The lowest BCUT2D eigenvalue weighted by atomic mass is 10.1. The first-order valence-corrected chi connectivity index (χ1v) is 11.2. The molecule has 3 aromatic rings. The third-order valence-corrected chi connectivity index (χ3v) is 6.80. The molecule has 0 amide bonds. The molecule has 1 aliphatic heterocycles. The number of aromatic nitrogens is 3. The predicted molar refractivity (Wildman–Crippen MR) is 119 cm³/mol. The van der Waals surface area contributed by atoms with Crippen molar-refractivity contribution in [2.45, 2.75) is 45.0 Å². The van der Waals surface area contributed by atoms with Gasteiger partial charge in [-0.15, -0.1) is 10.2 Å². The summed E-state index contributed by atoms with van der Waals surface area (Å²) in [5.74, 6) is 2.40. The number of aryl methyl sites for hydroxylation is 2. The Balaban J connectivity index is 1.46. The van der Waals surface area contributed by atoms with Gasteiger partial charge >= 0.3 is 0 Å². The number of benzene rings is 2. The van der Waals surface area contributed by atoms with Crippen LogP contribution in [0.2, 0.25) is 10.0 Å². The molecule has 1 unspecified atom stereocenters. The van der Waals surface area contributed by atoms with E-state index in [9.17, 15) is 4.39 Å². The average Bonchev–Trinajstić information content (AvgIpc) is 3.41. The topological polar surface area (TPSA) is 43.2 Å². The van der Waals surface area contributed by atoms with E-state index in [0.29, 0.717) is 23.0 Å². The van der Waals surface area contributed by atoms with Crippen LogP contribution in [0, 0.1) is 13.8 Å². The molecule has 2 aromatic carbocycles. The van der Waals surface area contributed by atoms with Crippen molar-refractivity contribution in [3.63, 3.8) is 0 Å². The van der Waals surface area contributed by atoms with Crippen LogP contribution in [-0.2, 0) is 6.42 Å². The van der Waals surface area contributed by atoms with E-state index in [-0.39, 0.29) is 12.1 Å². The Morgan fingerprint density at radius 3 is 2.42 bits per heavy atom. The zero-order chi connectivity index (χ0) is 21.7. The first kappa shape index (κ1) is 20.7. The lowest BCUT2D eigenvalue weighted by Crippen LogP contribution is -2.38. The first-order valence-electron chi connectivity index (χ1n) is 10.4. The molecular formula is C23H23Cl2FN4O. The van der Waals surface area contributed by atoms with Gasteiger partial charge in [0.1, 0.15) is 29.7 Å². The van der Waals surface area contributed by atoms with Gasteiger partial charge in [0, 0.05) is 34.4 Å². The van der Waals surface area contributed by atoms with E-state index in [4.69, 9.17) is 27.9 Å². The lowest BCUT2D eigenvalue weighted by molar-refractivity contribution is 0.0897. The van der Waals surface area contributed by atoms with Crippen LogP contribution in [0.5, 0.6) is 5.75 Å². The summed E-state index contributed by atoms with van der Waals surface area (Å²) >= 11 is 12.8. The lowest BCUT2D eigenvalue weighted by Gasteiger charge is -2.30. The molecule has 8 heteroatoms. The van der Waals surface area contributed by atoms with Gasteiger partial charge in [0.05, 0.1) is 6.04 Å². The van der Waals surface area contributed by atoms with E-state index in [1.54, 1.807) is 6.07 Å². The molecule has 2 aliphatic rings. The zero-order valence-electron chi connectivity index (χ0n) is 17.4. The molecule has 5 rings (SSSR count). The third-order valence-electron chi connectivity index (χ3n) is 6.24. The van der Waals surface area contributed by atoms with Gasteiger partial charge in [-0.25, -0.2) is 4.39 Å². The van der Waals surface area contributed by atoms with E-state index in [1.165, 1.54) is 0 Å². The van der Waals surface area contributed by atoms with Gasteiger partial charge in [0.2, 0.25) is 0 Å². The normalized spacial score (nSPS) is 23.3. The number of halogens is 3. The smallest absolute Gasteiger partial charge is 0.140 e. The van der Waals surface area contributed by atoms with Gasteiger partial charge in [-0.3, -0.25) is 9.47 Å². The summed E-state index contributed by atoms with van der Waals surface area (Å²) in [5.41, 5.74) is 3.00. The maximum absolute atomic E-state index is 14.0. The summed E-state index contributed by atoms with van der Waals surface area (Å²) in [6.45, 7) is 4.99. The Hall–Kier alpha value is -2.15. The van der Waals surface area contributed by atoms with Crippen molar-refractivity contribution in [3.8, 4) is 11.4 Å². The number of fused-ring (bicyclic) bond motifs is 1. The van der Waals surface area contributed by atoms with Gasteiger partial charge in [0.25, 0.3) is 0 Å². The molecule has 0 spiro atoms. The second kappa shape index (κ2) is 8.08. The third kappa shape index (κ3) is 3.81. The van der Waals surface area contributed by atoms with E-state index < -0.39 is 6.17 Å². The Labute approximate surface area is 190 Å². The van der Waals surface area contributed by atoms with Crippen molar-refractivity contribution in [1.29, 1.82) is 0 Å². The maximum atomic E-state index is 14.0. The number of rotatable bonds is 4. The second-order valence-electron chi connectivity index (χ2n) is 8.27. The molecule has 1 aliphatic carbocycles. The molecule has 31 heavy (non-hydrogen) atoms. The van der Waals surface area contributed by atoms with Gasteiger partial charge in [0.15, 0.2) is 0 Å². The number of ether oxygens (including phenoxy) is 1. The maximum Gasteiger partial charge on any atom is 0.140 e. The highest BCUT2D eigenvalue weighted by atomic mass is 35.5. The molecule has 1 aromatic heterocycles. The minimum atomic E-state index is -0.794. The van der Waals surface area contributed by atoms with Crippen LogP contribution in [0.3, 0.4) is 0 Å². The van der Waals surface area contributed by atoms with Crippen molar-refractivity contribution in [2.75, 3.05) is 13.1 Å². The molecule has 1 saturated heterocycles. The number of nitrogens with zero attached hydrogens (tertiary/aromatic N) is 4. The quantitative estimate of drug-likeness (QED) is 0.531. The van der Waals surface area contributed by atoms with Crippen LogP contribution in [-0.4, -0.2) is 45.0 Å². The van der Waals surface area contributed by atoms with E-state index in [2.05, 4.69) is 15.1 Å². The van der Waals surface area contributed by atoms with Crippen LogP contribution < -0.4 is 4.74 Å². The zero-order valence-corrected chi connectivity index (χ0v) is 18.9. The summed E-state index contributed by atoms with van der Waals surface area (Å²) in [4.78, 5) is 2.18. The minimum Gasteiger partial charge on any atom is -0.484 e. The summed E-state index contributed by atoms with van der Waals surface area (Å²) < 4.78 is 22.4. The highest BCUT2D eigenvalue weighted by Crippen LogP contribution is 2.43. The largest absolute Gasteiger partial charge is 0.484 e. The Bertz CT molecular complexity index is 1100. The van der Waals surface area contributed by atoms with Crippen molar-refractivity contribution < 1.29 is 9.13 Å². The molecule has 1 fully saturated rings. The fourth-order valence-electron chi connectivity index (χ4n) is 4.79. The second-order valence-corrected chi connectivity index (χ2v) is 9.11. The molecule has 0 radical (unpaired) electrons. The predicted octanol–water partition coefficient (Wildman–Crippen LogP) is 5.28. The monoisotopic (exact) mass is 460 g/mol. The van der Waals surface area contributed by atoms with E-state index in [1.807, 2.05) is 48.7 Å². The van der Waals surface area contributed by atoms with Crippen LogP contribution >= 0.6 is 23.2 Å². The van der Waals surface area contributed by atoms with Crippen LogP contribution in [0.1, 0.15) is 35.3 Å². The fraction of sp³-hybridized carbons (Fsp3) is 0.391. The Morgan fingerprint density at radius 2 is 1.77 bits per heavy atom. The Kier molecular flexibility index (Phi) is 5.40. The van der Waals surface area contributed by atoms with E-state index in [0.717, 1.165) is 47.2 Å². The van der Waals surface area contributed by atoms with Gasteiger partial charge in [-0.05, 0) is 68.7 Å². The first-order chi connectivity index (χ1) is 14.9. The van der Waals surface area contributed by atoms with Gasteiger partial charge in [-0.1, -0.05) is 23.2 Å². The van der Waals surface area contributed by atoms with Gasteiger partial charge < -0.3 is 4.74 Å². The molecule has 5 nitrogen and oxygen atoms in total. The fourth-order valence-corrected chi connectivity index (χ4v) is 5.37. The number of likely N-dealkylation sites (tertiary alicyclic amines) is 1. The molecular weight excluding hydrogens is 438 g/mol.